The number of hydrogen-bond donors (Lipinski definition) is 0. The van der Waals surface area contributed by atoms with E-state index in [4.69, 9.17) is 5.26 Å². The minimum absolute atomic E-state index is 0.797. The van der Waals surface area contributed by atoms with Gasteiger partial charge in [-0.2, -0.15) is 31.6 Å². The summed E-state index contributed by atoms with van der Waals surface area (Å²) in [6.45, 7) is 0. The summed E-state index contributed by atoms with van der Waals surface area (Å²) in [6, 6.07) is 1.22. The number of nitriles is 1. The average Bonchev–Trinajstić information content (AvgIpc) is 1.81. The fraction of sp³-hybridized carbons (Fsp3) is 0.667. The summed E-state index contributed by atoms with van der Waals surface area (Å²) in [6.07, 6.45) is -12.9. The van der Waals surface area contributed by atoms with Crippen LogP contribution in [0.2, 0.25) is 0 Å². The Balaban J connectivity index is 4.50. The van der Waals surface area contributed by atoms with Gasteiger partial charge in [-0.05, 0) is 6.42 Å². The molecule has 75 valence electrons. The molecule has 0 spiro atoms. The van der Waals surface area contributed by atoms with Crippen LogP contribution in [0.1, 0.15) is 12.8 Å². The lowest BCUT2D eigenvalue weighted by atomic mass is 10.0. The Kier molecular flexibility index (Phi) is 3.58. The zero-order valence-electron chi connectivity index (χ0n) is 6.13. The first-order valence-corrected chi connectivity index (χ1v) is 3.06. The van der Waals surface area contributed by atoms with Crippen LogP contribution in [0.15, 0.2) is 0 Å². The van der Waals surface area contributed by atoms with E-state index in [2.05, 4.69) is 0 Å². The van der Waals surface area contributed by atoms with Crippen molar-refractivity contribution in [3.63, 3.8) is 0 Å². The third-order valence-electron chi connectivity index (χ3n) is 1.17. The second kappa shape index (κ2) is 3.85. The maximum Gasteiger partial charge on any atom is 0.404 e. The number of rotatable bonds is 2. The predicted octanol–water partition coefficient (Wildman–Crippen LogP) is 2.99. The molecule has 0 aromatic carbocycles. The minimum Gasteiger partial charge on any atom is -0.198 e. The molecular formula is C6H4F6N. The van der Waals surface area contributed by atoms with E-state index in [-0.39, 0.29) is 0 Å². The molecule has 0 aliphatic rings. The first-order valence-electron chi connectivity index (χ1n) is 3.06. The largest absolute Gasteiger partial charge is 0.404 e. The van der Waals surface area contributed by atoms with Crippen LogP contribution in [0.5, 0.6) is 0 Å². The minimum atomic E-state index is -5.41. The predicted molar refractivity (Wildman–Crippen MR) is 30.2 cm³/mol. The van der Waals surface area contributed by atoms with E-state index in [0.29, 0.717) is 0 Å². The quantitative estimate of drug-likeness (QED) is 0.634. The van der Waals surface area contributed by atoms with E-state index in [9.17, 15) is 26.3 Å². The van der Waals surface area contributed by atoms with Gasteiger partial charge in [0.25, 0.3) is 0 Å². The molecule has 0 bridgehead atoms. The van der Waals surface area contributed by atoms with E-state index >= 15 is 0 Å². The molecule has 1 nitrogen and oxygen atoms in total. The molecule has 0 amide bonds. The summed E-state index contributed by atoms with van der Waals surface area (Å²) in [7, 11) is 0. The molecule has 0 aliphatic heterocycles. The molecule has 0 heterocycles. The van der Waals surface area contributed by atoms with E-state index in [1.54, 1.807) is 0 Å². The molecule has 0 aromatic rings. The summed E-state index contributed by atoms with van der Waals surface area (Å²) < 4.78 is 70.0. The highest BCUT2D eigenvalue weighted by atomic mass is 19.4. The molecule has 0 saturated carbocycles. The average molecular weight is 204 g/mol. The lowest BCUT2D eigenvalue weighted by Gasteiger charge is -2.20. The molecule has 0 fully saturated rings. The van der Waals surface area contributed by atoms with Gasteiger partial charge >= 0.3 is 12.4 Å². The Morgan fingerprint density at radius 3 is 1.62 bits per heavy atom. The van der Waals surface area contributed by atoms with Crippen molar-refractivity contribution in [1.82, 2.24) is 0 Å². The van der Waals surface area contributed by atoms with Gasteiger partial charge in [0.1, 0.15) is 0 Å². The van der Waals surface area contributed by atoms with Crippen LogP contribution >= 0.6 is 0 Å². The van der Waals surface area contributed by atoms with Gasteiger partial charge in [-0.15, -0.1) is 0 Å². The van der Waals surface area contributed by atoms with Crippen molar-refractivity contribution in [2.24, 2.45) is 0 Å². The normalized spacial score (nSPS) is 13.1. The van der Waals surface area contributed by atoms with Crippen molar-refractivity contribution in [1.29, 1.82) is 5.26 Å². The molecular weight excluding hydrogens is 200 g/mol. The topological polar surface area (TPSA) is 23.8 Å². The summed E-state index contributed by atoms with van der Waals surface area (Å²) in [5, 5.41) is 7.85. The van der Waals surface area contributed by atoms with Crippen molar-refractivity contribution >= 4 is 0 Å². The Bertz CT molecular complexity index is 183. The van der Waals surface area contributed by atoms with Crippen LogP contribution in [0.4, 0.5) is 26.3 Å². The molecule has 0 saturated heterocycles. The Labute approximate surface area is 69.9 Å². The third kappa shape index (κ3) is 4.01. The molecule has 7 heteroatoms. The molecule has 0 aliphatic carbocycles. The third-order valence-corrected chi connectivity index (χ3v) is 1.17. The highest BCUT2D eigenvalue weighted by molar-refractivity contribution is 5.05. The first-order chi connectivity index (χ1) is 5.69. The molecule has 0 rings (SSSR count). The fourth-order valence-electron chi connectivity index (χ4n) is 0.625. The summed E-state index contributed by atoms with van der Waals surface area (Å²) in [5.41, 5.74) is 0. The van der Waals surface area contributed by atoms with Crippen molar-refractivity contribution in [2.45, 2.75) is 25.2 Å². The molecule has 0 N–H and O–H groups in total. The maximum absolute atomic E-state index is 11.7. The lowest BCUT2D eigenvalue weighted by Crippen LogP contribution is -2.34. The number of alkyl halides is 6. The van der Waals surface area contributed by atoms with Crippen molar-refractivity contribution in [3.05, 3.63) is 5.92 Å². The van der Waals surface area contributed by atoms with E-state index in [1.165, 1.54) is 6.07 Å². The lowest BCUT2D eigenvalue weighted by molar-refractivity contribution is -0.207. The number of nitrogens with zero attached hydrogens (tertiary/aromatic N) is 1. The highest BCUT2D eigenvalue weighted by Gasteiger charge is 2.56. The van der Waals surface area contributed by atoms with Gasteiger partial charge < -0.3 is 0 Å². The summed E-state index contributed by atoms with van der Waals surface area (Å²) >= 11 is 0. The molecule has 1 radical (unpaired) electrons. The Hall–Kier alpha value is -0.930. The summed E-state index contributed by atoms with van der Waals surface area (Å²) in [4.78, 5) is 0. The monoisotopic (exact) mass is 204 g/mol. The Morgan fingerprint density at radius 1 is 1.00 bits per heavy atom. The molecule has 13 heavy (non-hydrogen) atoms. The standard InChI is InChI=1S/C6H4F6N/c7-5(8,9)4(2-1-3-13)6(10,11)12/h1-2H2. The van der Waals surface area contributed by atoms with Crippen LogP contribution in [-0.2, 0) is 0 Å². The fourth-order valence-corrected chi connectivity index (χ4v) is 0.625. The SMILES string of the molecule is N#CCC[C](C(F)(F)F)C(F)(F)F. The molecule has 0 atom stereocenters. The number of hydrogen-bond acceptors (Lipinski definition) is 1. The van der Waals surface area contributed by atoms with Crippen molar-refractivity contribution < 1.29 is 26.3 Å². The van der Waals surface area contributed by atoms with E-state index in [0.717, 1.165) is 0 Å². The smallest absolute Gasteiger partial charge is 0.198 e. The van der Waals surface area contributed by atoms with Crippen LogP contribution < -0.4 is 0 Å². The van der Waals surface area contributed by atoms with Gasteiger partial charge in [0, 0.05) is 6.42 Å². The van der Waals surface area contributed by atoms with E-state index < -0.39 is 31.1 Å². The van der Waals surface area contributed by atoms with Crippen molar-refractivity contribution in [2.75, 3.05) is 0 Å². The second-order valence-electron chi connectivity index (χ2n) is 2.13. The van der Waals surface area contributed by atoms with Crippen LogP contribution in [-0.4, -0.2) is 12.4 Å². The van der Waals surface area contributed by atoms with Gasteiger partial charge in [-0.1, -0.05) is 0 Å². The molecule has 0 aromatic heterocycles. The zero-order chi connectivity index (χ0) is 10.7. The maximum atomic E-state index is 11.7. The van der Waals surface area contributed by atoms with Gasteiger partial charge in [0.05, 0.1) is 6.07 Å². The van der Waals surface area contributed by atoms with Gasteiger partial charge in [-0.25, -0.2) is 0 Å². The van der Waals surface area contributed by atoms with Crippen LogP contribution in [0.3, 0.4) is 0 Å². The number of halogens is 6. The zero-order valence-corrected chi connectivity index (χ0v) is 6.13. The highest BCUT2D eigenvalue weighted by Crippen LogP contribution is 2.43. The Morgan fingerprint density at radius 2 is 1.38 bits per heavy atom. The van der Waals surface area contributed by atoms with Crippen molar-refractivity contribution in [3.8, 4) is 6.07 Å². The molecule has 0 unspecified atom stereocenters. The first kappa shape index (κ1) is 12.1. The van der Waals surface area contributed by atoms with Crippen LogP contribution in [0.25, 0.3) is 0 Å². The van der Waals surface area contributed by atoms with Gasteiger partial charge in [0.2, 0.25) is 0 Å². The van der Waals surface area contributed by atoms with Gasteiger partial charge in [0.15, 0.2) is 5.92 Å². The van der Waals surface area contributed by atoms with Crippen LogP contribution in [0, 0.1) is 17.2 Å². The summed E-state index contributed by atoms with van der Waals surface area (Å²) in [5.74, 6) is -2.51. The van der Waals surface area contributed by atoms with E-state index in [1.807, 2.05) is 0 Å². The van der Waals surface area contributed by atoms with Gasteiger partial charge in [-0.3, -0.25) is 0 Å². The second-order valence-corrected chi connectivity index (χ2v) is 2.13.